The van der Waals surface area contributed by atoms with Crippen molar-refractivity contribution in [3.63, 3.8) is 0 Å². The van der Waals surface area contributed by atoms with Crippen LogP contribution in [0, 0.1) is 11.3 Å². The van der Waals surface area contributed by atoms with Crippen LogP contribution in [-0.2, 0) is 4.79 Å². The van der Waals surface area contributed by atoms with Crippen molar-refractivity contribution in [2.24, 2.45) is 0 Å². The Kier molecular flexibility index (Phi) is 4.82. The molecule has 0 radical (unpaired) electrons. The highest BCUT2D eigenvalue weighted by atomic mass is 16.5. The van der Waals surface area contributed by atoms with Crippen LogP contribution in [0.3, 0.4) is 0 Å². The number of carbonyl (C=O) groups excluding carboxylic acids is 1. The van der Waals surface area contributed by atoms with E-state index in [0.29, 0.717) is 17.2 Å². The fourth-order valence-corrected chi connectivity index (χ4v) is 1.27. The molecule has 0 aliphatic heterocycles. The zero-order valence-corrected chi connectivity index (χ0v) is 9.73. The molecule has 0 unspecified atom stereocenters. The lowest BCUT2D eigenvalue weighted by molar-refractivity contribution is -0.120. The molecular weight excluding hydrogens is 222 g/mol. The summed E-state index contributed by atoms with van der Waals surface area (Å²) in [5.74, 6) is 1.09. The van der Waals surface area contributed by atoms with Crippen molar-refractivity contribution in [1.82, 2.24) is 0 Å². The van der Waals surface area contributed by atoms with E-state index in [1.165, 1.54) is 14.2 Å². The van der Waals surface area contributed by atoms with Crippen LogP contribution >= 0.6 is 0 Å². The second-order valence-corrected chi connectivity index (χ2v) is 3.15. The molecule has 0 bridgehead atoms. The molecule has 0 saturated carbocycles. The van der Waals surface area contributed by atoms with Crippen molar-refractivity contribution < 1.29 is 19.0 Å². The summed E-state index contributed by atoms with van der Waals surface area (Å²) < 4.78 is 15.5. The SMILES string of the molecule is COc1cccc(OCC(=O)CC#N)c1OC. The lowest BCUT2D eigenvalue weighted by Crippen LogP contribution is -2.10. The summed E-state index contributed by atoms with van der Waals surface area (Å²) in [5, 5.41) is 8.35. The number of benzene rings is 1. The second kappa shape index (κ2) is 6.38. The minimum absolute atomic E-state index is 0.156. The lowest BCUT2D eigenvalue weighted by Gasteiger charge is -2.12. The predicted molar refractivity (Wildman–Crippen MR) is 60.3 cm³/mol. The Morgan fingerprint density at radius 3 is 2.59 bits per heavy atom. The van der Waals surface area contributed by atoms with Gasteiger partial charge in [0.05, 0.1) is 26.7 Å². The van der Waals surface area contributed by atoms with Crippen molar-refractivity contribution in [2.45, 2.75) is 6.42 Å². The molecule has 0 amide bonds. The maximum absolute atomic E-state index is 11.2. The molecule has 0 aromatic heterocycles. The van der Waals surface area contributed by atoms with E-state index in [4.69, 9.17) is 19.5 Å². The molecule has 0 saturated heterocycles. The van der Waals surface area contributed by atoms with Gasteiger partial charge in [-0.25, -0.2) is 0 Å². The molecule has 0 aliphatic rings. The average Bonchev–Trinajstić information content (AvgIpc) is 2.36. The topological polar surface area (TPSA) is 68.5 Å². The Balaban J connectivity index is 2.77. The number of hydrogen-bond donors (Lipinski definition) is 0. The molecule has 5 nitrogen and oxygen atoms in total. The Bertz CT molecular complexity index is 437. The summed E-state index contributed by atoms with van der Waals surface area (Å²) in [6.45, 7) is -0.156. The zero-order chi connectivity index (χ0) is 12.7. The van der Waals surface area contributed by atoms with E-state index in [0.717, 1.165) is 0 Å². The van der Waals surface area contributed by atoms with Crippen LogP contribution in [0.4, 0.5) is 0 Å². The normalized spacial score (nSPS) is 9.24. The van der Waals surface area contributed by atoms with Crippen LogP contribution in [0.2, 0.25) is 0 Å². The largest absolute Gasteiger partial charge is 0.493 e. The number of rotatable bonds is 6. The first-order valence-corrected chi connectivity index (χ1v) is 4.95. The maximum atomic E-state index is 11.2. The van der Waals surface area contributed by atoms with E-state index in [1.54, 1.807) is 24.3 Å². The molecule has 5 heteroatoms. The maximum Gasteiger partial charge on any atom is 0.203 e. The smallest absolute Gasteiger partial charge is 0.203 e. The van der Waals surface area contributed by atoms with E-state index >= 15 is 0 Å². The summed E-state index contributed by atoms with van der Waals surface area (Å²) in [5.41, 5.74) is 0. The highest BCUT2D eigenvalue weighted by molar-refractivity contribution is 5.81. The van der Waals surface area contributed by atoms with Gasteiger partial charge in [0.25, 0.3) is 0 Å². The Labute approximate surface area is 99.5 Å². The first kappa shape index (κ1) is 12.8. The van der Waals surface area contributed by atoms with Gasteiger partial charge in [0, 0.05) is 0 Å². The van der Waals surface area contributed by atoms with Gasteiger partial charge in [-0.15, -0.1) is 0 Å². The number of para-hydroxylation sites is 1. The summed E-state index contributed by atoms with van der Waals surface area (Å²) in [4.78, 5) is 11.2. The molecule has 0 spiro atoms. The van der Waals surface area contributed by atoms with Gasteiger partial charge >= 0.3 is 0 Å². The molecule has 0 atom stereocenters. The van der Waals surface area contributed by atoms with E-state index in [9.17, 15) is 4.79 Å². The van der Waals surface area contributed by atoms with Gasteiger partial charge in [0.15, 0.2) is 17.3 Å². The van der Waals surface area contributed by atoms with E-state index in [-0.39, 0.29) is 18.8 Å². The van der Waals surface area contributed by atoms with Crippen molar-refractivity contribution in [1.29, 1.82) is 5.26 Å². The van der Waals surface area contributed by atoms with Gasteiger partial charge in [-0.05, 0) is 12.1 Å². The van der Waals surface area contributed by atoms with E-state index < -0.39 is 0 Å². The summed E-state index contributed by atoms with van der Waals surface area (Å²) >= 11 is 0. The molecule has 17 heavy (non-hydrogen) atoms. The Hall–Kier alpha value is -2.22. The second-order valence-electron chi connectivity index (χ2n) is 3.15. The summed E-state index contributed by atoms with van der Waals surface area (Å²) in [6, 6.07) is 6.89. The van der Waals surface area contributed by atoms with E-state index in [2.05, 4.69) is 0 Å². The Morgan fingerprint density at radius 1 is 1.29 bits per heavy atom. The van der Waals surface area contributed by atoms with Gasteiger partial charge < -0.3 is 14.2 Å². The van der Waals surface area contributed by atoms with Crippen molar-refractivity contribution in [3.05, 3.63) is 18.2 Å². The molecule has 0 aliphatic carbocycles. The molecule has 0 fully saturated rings. The molecule has 0 N–H and O–H groups in total. The van der Waals surface area contributed by atoms with E-state index in [1.807, 2.05) is 0 Å². The van der Waals surface area contributed by atoms with Crippen molar-refractivity contribution in [3.8, 4) is 23.3 Å². The molecule has 0 heterocycles. The fraction of sp³-hybridized carbons (Fsp3) is 0.333. The van der Waals surface area contributed by atoms with Crippen LogP contribution in [-0.4, -0.2) is 26.6 Å². The standard InChI is InChI=1S/C12H13NO4/c1-15-10-4-3-5-11(12(10)16-2)17-8-9(14)6-7-13/h3-5H,6,8H2,1-2H3. The fourth-order valence-electron chi connectivity index (χ4n) is 1.27. The van der Waals surface area contributed by atoms with Crippen molar-refractivity contribution in [2.75, 3.05) is 20.8 Å². The van der Waals surface area contributed by atoms with Gasteiger partial charge in [0.2, 0.25) is 5.75 Å². The molecule has 90 valence electrons. The predicted octanol–water partition coefficient (Wildman–Crippen LogP) is 1.57. The number of nitriles is 1. The first-order chi connectivity index (χ1) is 8.22. The first-order valence-electron chi connectivity index (χ1n) is 4.95. The van der Waals surface area contributed by atoms with Crippen LogP contribution < -0.4 is 14.2 Å². The van der Waals surface area contributed by atoms with Gasteiger partial charge in [0.1, 0.15) is 6.61 Å². The minimum atomic E-state index is -0.280. The summed E-state index contributed by atoms with van der Waals surface area (Å²) in [6.07, 6.45) is -0.160. The number of hydrogen-bond acceptors (Lipinski definition) is 5. The van der Waals surface area contributed by atoms with Crippen LogP contribution in [0.25, 0.3) is 0 Å². The van der Waals surface area contributed by atoms with Gasteiger partial charge in [-0.1, -0.05) is 6.07 Å². The van der Waals surface area contributed by atoms with Crippen LogP contribution in [0.1, 0.15) is 6.42 Å². The van der Waals surface area contributed by atoms with Crippen molar-refractivity contribution >= 4 is 5.78 Å². The number of ketones is 1. The summed E-state index contributed by atoms with van der Waals surface area (Å²) in [7, 11) is 3.00. The molecule has 1 rings (SSSR count). The average molecular weight is 235 g/mol. The highest BCUT2D eigenvalue weighted by Gasteiger charge is 2.11. The monoisotopic (exact) mass is 235 g/mol. The van der Waals surface area contributed by atoms with Gasteiger partial charge in [-0.2, -0.15) is 5.26 Å². The number of carbonyl (C=O) groups is 1. The lowest BCUT2D eigenvalue weighted by atomic mass is 10.3. The number of ether oxygens (including phenoxy) is 3. The van der Waals surface area contributed by atoms with Crippen LogP contribution in [0.5, 0.6) is 17.2 Å². The zero-order valence-electron chi connectivity index (χ0n) is 9.73. The van der Waals surface area contributed by atoms with Gasteiger partial charge in [-0.3, -0.25) is 4.79 Å². The number of nitrogens with zero attached hydrogens (tertiary/aromatic N) is 1. The third kappa shape index (κ3) is 3.38. The number of methoxy groups -OCH3 is 2. The molecule has 1 aromatic carbocycles. The minimum Gasteiger partial charge on any atom is -0.493 e. The number of Topliss-reactive ketones (excluding diaryl/α,β-unsaturated/α-hetero) is 1. The third-order valence-electron chi connectivity index (χ3n) is 2.03. The quantitative estimate of drug-likeness (QED) is 0.748. The molecular formula is C12H13NO4. The Morgan fingerprint density at radius 2 is 2.00 bits per heavy atom. The molecule has 1 aromatic rings. The van der Waals surface area contributed by atoms with Crippen LogP contribution in [0.15, 0.2) is 18.2 Å². The third-order valence-corrected chi connectivity index (χ3v) is 2.03. The highest BCUT2D eigenvalue weighted by Crippen LogP contribution is 2.36.